The minimum Gasteiger partial charge on any atom is -0.490 e. The lowest BCUT2D eigenvalue weighted by Gasteiger charge is -2.14. The fourth-order valence-corrected chi connectivity index (χ4v) is 2.48. The van der Waals surface area contributed by atoms with Gasteiger partial charge in [-0.25, -0.2) is 8.78 Å². The second kappa shape index (κ2) is 10.9. The minimum atomic E-state index is -0.732. The first kappa shape index (κ1) is 22.0. The van der Waals surface area contributed by atoms with Crippen molar-refractivity contribution in [2.24, 2.45) is 4.99 Å². The molecule has 0 radical (unpaired) electrons. The molecule has 0 saturated heterocycles. The number of rotatable bonds is 5. The van der Waals surface area contributed by atoms with E-state index >= 15 is 0 Å². The van der Waals surface area contributed by atoms with Gasteiger partial charge in [-0.2, -0.15) is 0 Å². The highest BCUT2D eigenvalue weighted by Crippen LogP contribution is 2.32. The Morgan fingerprint density at radius 1 is 1.11 bits per heavy atom. The molecule has 1 aliphatic heterocycles. The maximum atomic E-state index is 13.5. The van der Waals surface area contributed by atoms with Crippen molar-refractivity contribution in [3.63, 3.8) is 0 Å². The zero-order valence-corrected chi connectivity index (χ0v) is 17.7. The average molecular weight is 505 g/mol. The van der Waals surface area contributed by atoms with Gasteiger partial charge in [-0.3, -0.25) is 4.99 Å². The van der Waals surface area contributed by atoms with Crippen LogP contribution in [0, 0.1) is 11.6 Å². The molecule has 0 spiro atoms. The Balaban J connectivity index is 0.00000280. The van der Waals surface area contributed by atoms with Crippen LogP contribution in [-0.2, 0) is 0 Å². The van der Waals surface area contributed by atoms with Crippen LogP contribution in [-0.4, -0.2) is 39.4 Å². The Morgan fingerprint density at radius 2 is 1.89 bits per heavy atom. The predicted octanol–water partition coefficient (Wildman–Crippen LogP) is 3.81. The van der Waals surface area contributed by atoms with Crippen molar-refractivity contribution in [3.8, 4) is 17.2 Å². The zero-order valence-electron chi connectivity index (χ0n) is 15.3. The van der Waals surface area contributed by atoms with E-state index in [2.05, 4.69) is 15.6 Å². The fourth-order valence-electron chi connectivity index (χ4n) is 2.48. The van der Waals surface area contributed by atoms with E-state index in [1.807, 2.05) is 18.2 Å². The standard InChI is InChI=1S/C19H21F2N3O3.HI/c1-22-19(23-7-10-27-16-5-3-13(20)11-15(16)21)24-14-4-6-17-18(12-14)26-9-2-8-25-17;/h3-6,11-12H,2,7-10H2,1H3,(H2,22,23,24);1H. The first-order valence-electron chi connectivity index (χ1n) is 8.61. The summed E-state index contributed by atoms with van der Waals surface area (Å²) in [5.41, 5.74) is 0.790. The van der Waals surface area contributed by atoms with Crippen molar-refractivity contribution in [1.82, 2.24) is 5.32 Å². The maximum Gasteiger partial charge on any atom is 0.195 e. The van der Waals surface area contributed by atoms with Crippen LogP contribution in [0.1, 0.15) is 6.42 Å². The molecule has 0 fully saturated rings. The van der Waals surface area contributed by atoms with E-state index in [1.165, 1.54) is 6.07 Å². The number of anilines is 1. The molecule has 0 aromatic heterocycles. The molecule has 2 aromatic carbocycles. The molecule has 3 rings (SSSR count). The van der Waals surface area contributed by atoms with Crippen LogP contribution >= 0.6 is 24.0 Å². The number of hydrogen-bond acceptors (Lipinski definition) is 4. The number of halogens is 3. The molecule has 1 aliphatic rings. The van der Waals surface area contributed by atoms with Crippen molar-refractivity contribution in [2.45, 2.75) is 6.42 Å². The number of hydrogen-bond donors (Lipinski definition) is 2. The molecule has 0 aliphatic carbocycles. The van der Waals surface area contributed by atoms with Gasteiger partial charge < -0.3 is 24.8 Å². The highest BCUT2D eigenvalue weighted by atomic mass is 127. The molecule has 9 heteroatoms. The van der Waals surface area contributed by atoms with Crippen LogP contribution in [0.15, 0.2) is 41.4 Å². The lowest BCUT2D eigenvalue weighted by atomic mass is 10.3. The molecule has 2 aromatic rings. The Labute approximate surface area is 179 Å². The van der Waals surface area contributed by atoms with E-state index in [-0.39, 0.29) is 36.3 Å². The summed E-state index contributed by atoms with van der Waals surface area (Å²) in [4.78, 5) is 4.13. The second-order valence-corrected chi connectivity index (χ2v) is 5.76. The van der Waals surface area contributed by atoms with E-state index in [4.69, 9.17) is 14.2 Å². The summed E-state index contributed by atoms with van der Waals surface area (Å²) < 4.78 is 43.0. The Kier molecular flexibility index (Phi) is 8.55. The number of aliphatic imine (C=N–C) groups is 1. The first-order chi connectivity index (χ1) is 13.2. The third kappa shape index (κ3) is 6.11. The van der Waals surface area contributed by atoms with E-state index < -0.39 is 11.6 Å². The molecule has 0 unspecified atom stereocenters. The van der Waals surface area contributed by atoms with E-state index in [0.29, 0.717) is 31.5 Å². The van der Waals surface area contributed by atoms with E-state index in [0.717, 1.165) is 30.0 Å². The number of nitrogens with one attached hydrogen (secondary N) is 2. The summed E-state index contributed by atoms with van der Waals surface area (Å²) >= 11 is 0. The summed E-state index contributed by atoms with van der Waals surface area (Å²) in [6.45, 7) is 1.81. The second-order valence-electron chi connectivity index (χ2n) is 5.76. The SMILES string of the molecule is CN=C(NCCOc1ccc(F)cc1F)Nc1ccc2c(c1)OCCCO2.I. The molecule has 0 saturated carbocycles. The normalized spacial score (nSPS) is 13.2. The lowest BCUT2D eigenvalue weighted by Crippen LogP contribution is -2.33. The summed E-state index contributed by atoms with van der Waals surface area (Å²) in [5, 5.41) is 6.20. The van der Waals surface area contributed by atoms with Crippen LogP contribution in [0.25, 0.3) is 0 Å². The third-order valence-corrected chi connectivity index (χ3v) is 3.78. The van der Waals surface area contributed by atoms with Crippen molar-refractivity contribution < 1.29 is 23.0 Å². The topological polar surface area (TPSA) is 64.1 Å². The predicted molar refractivity (Wildman–Crippen MR) is 114 cm³/mol. The zero-order chi connectivity index (χ0) is 19.1. The molecular weight excluding hydrogens is 483 g/mol. The van der Waals surface area contributed by atoms with Crippen LogP contribution in [0.4, 0.5) is 14.5 Å². The molecule has 0 atom stereocenters. The van der Waals surface area contributed by atoms with E-state index in [1.54, 1.807) is 7.05 Å². The van der Waals surface area contributed by atoms with Crippen LogP contribution in [0.5, 0.6) is 17.2 Å². The van der Waals surface area contributed by atoms with Gasteiger partial charge in [0, 0.05) is 31.3 Å². The minimum absolute atomic E-state index is 0. The van der Waals surface area contributed by atoms with Crippen molar-refractivity contribution in [2.75, 3.05) is 38.7 Å². The van der Waals surface area contributed by atoms with Gasteiger partial charge in [0.2, 0.25) is 0 Å². The molecule has 1 heterocycles. The van der Waals surface area contributed by atoms with Crippen LogP contribution in [0.3, 0.4) is 0 Å². The van der Waals surface area contributed by atoms with Gasteiger partial charge in [0.15, 0.2) is 29.0 Å². The van der Waals surface area contributed by atoms with Crippen LogP contribution in [0.2, 0.25) is 0 Å². The van der Waals surface area contributed by atoms with Crippen molar-refractivity contribution in [1.29, 1.82) is 0 Å². The molecule has 0 amide bonds. The van der Waals surface area contributed by atoms with Crippen molar-refractivity contribution in [3.05, 3.63) is 48.0 Å². The van der Waals surface area contributed by atoms with Gasteiger partial charge in [0.25, 0.3) is 0 Å². The molecule has 152 valence electrons. The number of ether oxygens (including phenoxy) is 3. The summed E-state index contributed by atoms with van der Waals surface area (Å²) in [7, 11) is 1.64. The lowest BCUT2D eigenvalue weighted by molar-refractivity contribution is 0.297. The Morgan fingerprint density at radius 3 is 2.64 bits per heavy atom. The average Bonchev–Trinajstić information content (AvgIpc) is 2.90. The van der Waals surface area contributed by atoms with Gasteiger partial charge in [-0.1, -0.05) is 0 Å². The largest absolute Gasteiger partial charge is 0.490 e. The van der Waals surface area contributed by atoms with E-state index in [9.17, 15) is 8.78 Å². The Bertz CT molecular complexity index is 821. The van der Waals surface area contributed by atoms with Gasteiger partial charge >= 0.3 is 0 Å². The first-order valence-corrected chi connectivity index (χ1v) is 8.61. The van der Waals surface area contributed by atoms with Gasteiger partial charge in [-0.05, 0) is 24.3 Å². The van der Waals surface area contributed by atoms with Crippen LogP contribution < -0.4 is 24.8 Å². The molecule has 2 N–H and O–H groups in total. The monoisotopic (exact) mass is 505 g/mol. The summed E-state index contributed by atoms with van der Waals surface area (Å²) in [6.07, 6.45) is 0.843. The number of guanidine groups is 1. The summed E-state index contributed by atoms with van der Waals surface area (Å²) in [6, 6.07) is 8.75. The molecule has 0 bridgehead atoms. The van der Waals surface area contributed by atoms with Crippen molar-refractivity contribution >= 4 is 35.6 Å². The number of benzene rings is 2. The third-order valence-electron chi connectivity index (χ3n) is 3.78. The molecule has 28 heavy (non-hydrogen) atoms. The molecule has 6 nitrogen and oxygen atoms in total. The quantitative estimate of drug-likeness (QED) is 0.280. The van der Waals surface area contributed by atoms with Gasteiger partial charge in [0.1, 0.15) is 12.4 Å². The summed E-state index contributed by atoms with van der Waals surface area (Å²) in [5.74, 6) is 0.554. The smallest absolute Gasteiger partial charge is 0.195 e. The number of nitrogens with zero attached hydrogens (tertiary/aromatic N) is 1. The van der Waals surface area contributed by atoms with Gasteiger partial charge in [0.05, 0.1) is 19.8 Å². The Hall–Kier alpha value is -2.30. The molecular formula is C19H22F2IN3O3. The highest BCUT2D eigenvalue weighted by Gasteiger charge is 2.11. The number of fused-ring (bicyclic) bond motifs is 1. The van der Waals surface area contributed by atoms with Gasteiger partial charge in [-0.15, -0.1) is 24.0 Å². The maximum absolute atomic E-state index is 13.5. The fraction of sp³-hybridized carbons (Fsp3) is 0.316. The highest BCUT2D eigenvalue weighted by molar-refractivity contribution is 14.0.